The van der Waals surface area contributed by atoms with Gasteiger partial charge in [0.1, 0.15) is 24.4 Å². The molecule has 5 atom stereocenters. The van der Waals surface area contributed by atoms with Gasteiger partial charge in [0, 0.05) is 13.5 Å². The summed E-state index contributed by atoms with van der Waals surface area (Å²) in [5.74, 6) is -0.364. The lowest BCUT2D eigenvalue weighted by molar-refractivity contribution is -0.268. The summed E-state index contributed by atoms with van der Waals surface area (Å²) in [7, 11) is 0. The fraction of sp³-hybridized carbons (Fsp3) is 0.900. The highest BCUT2D eigenvalue weighted by Crippen LogP contribution is 2.21. The number of aliphatic hydroxyl groups is 3. The van der Waals surface area contributed by atoms with Crippen LogP contribution in [-0.2, 0) is 14.3 Å². The molecule has 4 N–H and O–H groups in total. The molecule has 0 spiro atoms. The summed E-state index contributed by atoms with van der Waals surface area (Å²) in [5.41, 5.74) is 0. The monoisotopic (exact) mass is 249 g/mol. The first kappa shape index (κ1) is 14.3. The summed E-state index contributed by atoms with van der Waals surface area (Å²) in [6.07, 6.45) is -4.33. The van der Waals surface area contributed by atoms with Crippen molar-refractivity contribution in [3.63, 3.8) is 0 Å². The first-order valence-corrected chi connectivity index (χ1v) is 5.52. The number of rotatable bonds is 4. The first-order valence-electron chi connectivity index (χ1n) is 5.52. The van der Waals surface area contributed by atoms with E-state index in [1.54, 1.807) is 6.92 Å². The minimum absolute atomic E-state index is 0.321. The van der Waals surface area contributed by atoms with Crippen molar-refractivity contribution in [2.24, 2.45) is 0 Å². The van der Waals surface area contributed by atoms with Gasteiger partial charge in [0.05, 0.1) is 6.61 Å². The Bertz CT molecular complexity index is 261. The molecule has 100 valence electrons. The molecule has 7 heteroatoms. The summed E-state index contributed by atoms with van der Waals surface area (Å²) in [6.45, 7) is 2.91. The lowest BCUT2D eigenvalue weighted by Crippen LogP contribution is -2.64. The van der Waals surface area contributed by atoms with Gasteiger partial charge in [0.25, 0.3) is 0 Å². The van der Waals surface area contributed by atoms with E-state index in [2.05, 4.69) is 5.32 Å². The maximum Gasteiger partial charge on any atom is 0.217 e. The Morgan fingerprint density at radius 3 is 2.53 bits per heavy atom. The molecule has 0 saturated carbocycles. The van der Waals surface area contributed by atoms with Gasteiger partial charge in [-0.3, -0.25) is 4.79 Å². The molecule has 1 amide bonds. The van der Waals surface area contributed by atoms with Crippen LogP contribution in [0.3, 0.4) is 0 Å². The van der Waals surface area contributed by atoms with Crippen molar-refractivity contribution in [1.82, 2.24) is 5.32 Å². The summed E-state index contributed by atoms with van der Waals surface area (Å²) in [4.78, 5) is 11.0. The van der Waals surface area contributed by atoms with Crippen molar-refractivity contribution in [3.8, 4) is 0 Å². The van der Waals surface area contributed by atoms with Gasteiger partial charge in [-0.25, -0.2) is 0 Å². The second kappa shape index (κ2) is 6.27. The third kappa shape index (κ3) is 3.36. The van der Waals surface area contributed by atoms with Crippen LogP contribution in [-0.4, -0.2) is 65.1 Å². The summed E-state index contributed by atoms with van der Waals surface area (Å²) in [5, 5.41) is 31.0. The maximum absolute atomic E-state index is 11.0. The van der Waals surface area contributed by atoms with Crippen LogP contribution in [0.1, 0.15) is 13.8 Å². The molecule has 0 aromatic heterocycles. The molecular formula is C10H19NO6. The van der Waals surface area contributed by atoms with Crippen LogP contribution >= 0.6 is 0 Å². The fourth-order valence-corrected chi connectivity index (χ4v) is 1.78. The lowest BCUT2D eigenvalue weighted by Gasteiger charge is -2.42. The number of hydrogen-bond acceptors (Lipinski definition) is 6. The Labute approximate surface area is 99.3 Å². The summed E-state index contributed by atoms with van der Waals surface area (Å²) < 4.78 is 10.5. The van der Waals surface area contributed by atoms with Crippen molar-refractivity contribution in [3.05, 3.63) is 0 Å². The van der Waals surface area contributed by atoms with Gasteiger partial charge in [-0.2, -0.15) is 0 Å². The van der Waals surface area contributed by atoms with Crippen molar-refractivity contribution in [1.29, 1.82) is 0 Å². The van der Waals surface area contributed by atoms with E-state index in [4.69, 9.17) is 14.6 Å². The Morgan fingerprint density at radius 1 is 1.41 bits per heavy atom. The Kier molecular flexibility index (Phi) is 5.29. The maximum atomic E-state index is 11.0. The molecule has 1 rings (SSSR count). The van der Waals surface area contributed by atoms with E-state index in [-0.39, 0.29) is 5.91 Å². The SMILES string of the molecule is CCO[C@@H]1O[C@H](CO)[C@@H](O)[C@H](O)[C@H]1NC(C)=O. The van der Waals surface area contributed by atoms with E-state index in [9.17, 15) is 15.0 Å². The molecular weight excluding hydrogens is 230 g/mol. The highest BCUT2D eigenvalue weighted by Gasteiger charge is 2.45. The smallest absolute Gasteiger partial charge is 0.217 e. The van der Waals surface area contributed by atoms with E-state index in [0.717, 1.165) is 0 Å². The first-order chi connectivity index (χ1) is 8.01. The third-order valence-corrected chi connectivity index (χ3v) is 2.58. The number of carbonyl (C=O) groups is 1. The Morgan fingerprint density at radius 2 is 2.06 bits per heavy atom. The second-order valence-electron chi connectivity index (χ2n) is 3.89. The summed E-state index contributed by atoms with van der Waals surface area (Å²) >= 11 is 0. The Balaban J connectivity index is 2.78. The Hall–Kier alpha value is -0.730. The highest BCUT2D eigenvalue weighted by molar-refractivity contribution is 5.73. The van der Waals surface area contributed by atoms with Crippen molar-refractivity contribution >= 4 is 5.91 Å². The fourth-order valence-electron chi connectivity index (χ4n) is 1.78. The van der Waals surface area contributed by atoms with E-state index in [1.807, 2.05) is 0 Å². The van der Waals surface area contributed by atoms with Crippen LogP contribution in [0.2, 0.25) is 0 Å². The normalized spacial score (nSPS) is 37.8. The lowest BCUT2D eigenvalue weighted by atomic mass is 9.97. The van der Waals surface area contributed by atoms with Crippen LogP contribution in [0.25, 0.3) is 0 Å². The number of hydrogen-bond donors (Lipinski definition) is 4. The zero-order valence-electron chi connectivity index (χ0n) is 9.87. The zero-order chi connectivity index (χ0) is 13.0. The van der Waals surface area contributed by atoms with Gasteiger partial charge < -0.3 is 30.1 Å². The van der Waals surface area contributed by atoms with Gasteiger partial charge in [-0.15, -0.1) is 0 Å². The van der Waals surface area contributed by atoms with Crippen LogP contribution < -0.4 is 5.32 Å². The van der Waals surface area contributed by atoms with Gasteiger partial charge in [0.15, 0.2) is 6.29 Å². The zero-order valence-corrected chi connectivity index (χ0v) is 9.87. The van der Waals surface area contributed by atoms with E-state index in [1.165, 1.54) is 6.92 Å². The molecule has 0 aliphatic carbocycles. The average Bonchev–Trinajstić information content (AvgIpc) is 2.28. The minimum atomic E-state index is -1.27. The van der Waals surface area contributed by atoms with Crippen LogP contribution in [0.4, 0.5) is 0 Å². The minimum Gasteiger partial charge on any atom is -0.394 e. The molecule has 1 saturated heterocycles. The van der Waals surface area contributed by atoms with E-state index >= 15 is 0 Å². The van der Waals surface area contributed by atoms with Gasteiger partial charge in [0.2, 0.25) is 5.91 Å². The number of nitrogens with one attached hydrogen (secondary N) is 1. The van der Waals surface area contributed by atoms with Crippen molar-refractivity contribution in [2.45, 2.75) is 44.5 Å². The van der Waals surface area contributed by atoms with Gasteiger partial charge in [-0.1, -0.05) is 0 Å². The van der Waals surface area contributed by atoms with Crippen LogP contribution in [0, 0.1) is 0 Å². The second-order valence-corrected chi connectivity index (χ2v) is 3.89. The van der Waals surface area contributed by atoms with E-state index in [0.29, 0.717) is 6.61 Å². The predicted molar refractivity (Wildman–Crippen MR) is 57.0 cm³/mol. The molecule has 17 heavy (non-hydrogen) atoms. The molecule has 1 aliphatic rings. The number of ether oxygens (including phenoxy) is 2. The number of carbonyl (C=O) groups excluding carboxylic acids is 1. The van der Waals surface area contributed by atoms with Crippen molar-refractivity contribution in [2.75, 3.05) is 13.2 Å². The average molecular weight is 249 g/mol. The van der Waals surface area contributed by atoms with Crippen LogP contribution in [0.5, 0.6) is 0 Å². The van der Waals surface area contributed by atoms with Crippen LogP contribution in [0.15, 0.2) is 0 Å². The largest absolute Gasteiger partial charge is 0.394 e. The van der Waals surface area contributed by atoms with Gasteiger partial charge >= 0.3 is 0 Å². The molecule has 0 aromatic rings. The molecule has 7 nitrogen and oxygen atoms in total. The van der Waals surface area contributed by atoms with Crippen molar-refractivity contribution < 1.29 is 29.6 Å². The molecule has 1 aliphatic heterocycles. The predicted octanol–water partition coefficient (Wildman–Crippen LogP) is -2.03. The highest BCUT2D eigenvalue weighted by atomic mass is 16.7. The third-order valence-electron chi connectivity index (χ3n) is 2.58. The number of aliphatic hydroxyl groups excluding tert-OH is 3. The molecule has 0 radical (unpaired) electrons. The molecule has 0 aromatic carbocycles. The molecule has 0 bridgehead atoms. The van der Waals surface area contributed by atoms with E-state index < -0.39 is 37.3 Å². The summed E-state index contributed by atoms with van der Waals surface area (Å²) in [6, 6.07) is -0.856. The number of amides is 1. The topological polar surface area (TPSA) is 108 Å². The molecule has 1 fully saturated rings. The quantitative estimate of drug-likeness (QED) is 0.457. The standard InChI is InChI=1S/C10H19NO6/c1-3-16-10-7(11-5(2)13)9(15)8(14)6(4-12)17-10/h6-10,12,14-15H,3-4H2,1-2H3,(H,11,13)/t6-,7-,8-,9-,10-/m1/s1. The molecule has 0 unspecified atom stereocenters. The molecule has 1 heterocycles. The van der Waals surface area contributed by atoms with Gasteiger partial charge in [-0.05, 0) is 6.92 Å².